The van der Waals surface area contributed by atoms with Crippen LogP contribution in [0.2, 0.25) is 5.02 Å². The van der Waals surface area contributed by atoms with E-state index in [0.29, 0.717) is 28.5 Å². The van der Waals surface area contributed by atoms with Crippen LogP contribution in [-0.4, -0.2) is 70.7 Å². The van der Waals surface area contributed by atoms with Gasteiger partial charge in [0.15, 0.2) is 0 Å². The number of hydrogen-bond donors (Lipinski definition) is 1. The lowest BCUT2D eigenvalue weighted by Crippen LogP contribution is -2.43. The average molecular weight is 617 g/mol. The van der Waals surface area contributed by atoms with Gasteiger partial charge < -0.3 is 5.73 Å². The molecule has 0 spiro atoms. The Labute approximate surface area is 248 Å². The highest BCUT2D eigenvalue weighted by Gasteiger charge is 2.39. The number of nitrogens with zero attached hydrogens (tertiary/aromatic N) is 7. The van der Waals surface area contributed by atoms with Crippen LogP contribution in [0.3, 0.4) is 0 Å². The first-order valence-corrected chi connectivity index (χ1v) is 15.2. The van der Waals surface area contributed by atoms with Crippen molar-refractivity contribution in [2.45, 2.75) is 45.0 Å². The Morgan fingerprint density at radius 2 is 1.71 bits per heavy atom. The molecule has 3 heterocycles. The van der Waals surface area contributed by atoms with Gasteiger partial charge in [-0.3, -0.25) is 0 Å². The van der Waals surface area contributed by atoms with E-state index in [1.54, 1.807) is 32.0 Å². The smallest absolute Gasteiger partial charge is 0.325 e. The van der Waals surface area contributed by atoms with Gasteiger partial charge in [-0.2, -0.15) is 27.9 Å². The summed E-state index contributed by atoms with van der Waals surface area (Å²) in [5.74, 6) is -3.44. The number of aryl methyl sites for hydroxylation is 2. The minimum atomic E-state index is -4.40. The van der Waals surface area contributed by atoms with E-state index in [1.165, 1.54) is 9.69 Å². The number of guanidine groups is 1. The van der Waals surface area contributed by atoms with Crippen LogP contribution in [0, 0.1) is 13.8 Å². The van der Waals surface area contributed by atoms with Gasteiger partial charge in [0.1, 0.15) is 0 Å². The van der Waals surface area contributed by atoms with E-state index in [-0.39, 0.29) is 37.5 Å². The molecular formula is C28H31ClF2N8O2S. The zero-order chi connectivity index (χ0) is 30.1. The number of rotatable bonds is 4. The van der Waals surface area contributed by atoms with Crippen molar-refractivity contribution in [1.29, 1.82) is 0 Å². The Kier molecular flexibility index (Phi) is 8.44. The van der Waals surface area contributed by atoms with Crippen molar-refractivity contribution >= 4 is 39.4 Å². The maximum Gasteiger partial charge on any atom is 0.325 e. The molecule has 1 saturated heterocycles. The molecule has 0 aliphatic carbocycles. The van der Waals surface area contributed by atoms with Gasteiger partial charge in [0.2, 0.25) is 5.96 Å². The summed E-state index contributed by atoms with van der Waals surface area (Å²) in [7, 11) is -4.40. The molecule has 1 unspecified atom stereocenters. The summed E-state index contributed by atoms with van der Waals surface area (Å²) in [6.07, 6.45) is -0.624. The summed E-state index contributed by atoms with van der Waals surface area (Å²) in [6.45, 7) is 3.11. The molecule has 1 atom stereocenters. The number of hydrazone groups is 1. The molecule has 0 saturated carbocycles. The predicted octanol–water partition coefficient (Wildman–Crippen LogP) is 4.54. The molecule has 2 aliphatic rings. The van der Waals surface area contributed by atoms with Gasteiger partial charge >= 0.3 is 10.2 Å². The van der Waals surface area contributed by atoms with Gasteiger partial charge in [-0.25, -0.2) is 18.5 Å². The van der Waals surface area contributed by atoms with Gasteiger partial charge in [0, 0.05) is 49.1 Å². The van der Waals surface area contributed by atoms with Crippen molar-refractivity contribution < 1.29 is 17.2 Å². The predicted molar refractivity (Wildman–Crippen MR) is 159 cm³/mol. The normalized spacial score (nSPS) is 20.5. The van der Waals surface area contributed by atoms with Crippen molar-refractivity contribution in [3.05, 3.63) is 88.2 Å². The zero-order valence-electron chi connectivity index (χ0n) is 23.2. The molecular weight excluding hydrogens is 586 g/mol. The first kappa shape index (κ1) is 29.8. The van der Waals surface area contributed by atoms with Crippen molar-refractivity contribution in [2.24, 2.45) is 20.2 Å². The van der Waals surface area contributed by atoms with E-state index in [4.69, 9.17) is 22.4 Å². The van der Waals surface area contributed by atoms with Gasteiger partial charge in [-0.1, -0.05) is 54.1 Å². The first-order chi connectivity index (χ1) is 19.9. The van der Waals surface area contributed by atoms with Gasteiger partial charge in [-0.05, 0) is 49.6 Å². The number of aromatic nitrogens is 2. The highest BCUT2D eigenvalue weighted by atomic mass is 35.5. The van der Waals surface area contributed by atoms with Crippen molar-refractivity contribution in [3.63, 3.8) is 0 Å². The van der Waals surface area contributed by atoms with Crippen LogP contribution >= 0.6 is 11.6 Å². The summed E-state index contributed by atoms with van der Waals surface area (Å²) in [4.78, 5) is 4.38. The molecule has 0 radical (unpaired) electrons. The molecule has 42 heavy (non-hydrogen) atoms. The van der Waals surface area contributed by atoms with Crippen LogP contribution < -0.4 is 5.73 Å². The van der Waals surface area contributed by atoms with Crippen LogP contribution in [-0.2, 0) is 10.2 Å². The van der Waals surface area contributed by atoms with Gasteiger partial charge in [0.05, 0.1) is 11.4 Å². The molecule has 14 heteroatoms. The van der Waals surface area contributed by atoms with E-state index in [9.17, 15) is 17.2 Å². The molecule has 222 valence electrons. The second-order valence-electron chi connectivity index (χ2n) is 10.3. The number of benzene rings is 2. The molecule has 0 bridgehead atoms. The Morgan fingerprint density at radius 3 is 2.33 bits per heavy atom. The van der Waals surface area contributed by atoms with Gasteiger partial charge in [0.25, 0.3) is 11.9 Å². The average Bonchev–Trinajstić information content (AvgIpc) is 3.30. The third kappa shape index (κ3) is 6.69. The zero-order valence-corrected chi connectivity index (χ0v) is 24.7. The number of aliphatic imine (C=N–C) groups is 1. The van der Waals surface area contributed by atoms with Gasteiger partial charge in [-0.15, -0.1) is 4.40 Å². The van der Waals surface area contributed by atoms with Crippen molar-refractivity contribution in [3.8, 4) is 0 Å². The van der Waals surface area contributed by atoms with E-state index in [1.807, 2.05) is 42.5 Å². The fraction of sp³-hybridized carbons (Fsp3) is 0.357. The van der Waals surface area contributed by atoms with Crippen LogP contribution in [0.5, 0.6) is 0 Å². The minimum absolute atomic E-state index is 0.108. The summed E-state index contributed by atoms with van der Waals surface area (Å²) in [5, 5.41) is 11.1. The van der Waals surface area contributed by atoms with E-state index in [2.05, 4.69) is 14.5 Å². The lowest BCUT2D eigenvalue weighted by Gasteiger charge is -2.32. The van der Waals surface area contributed by atoms with E-state index >= 15 is 0 Å². The maximum absolute atomic E-state index is 13.8. The number of hydrogen-bond acceptors (Lipinski definition) is 4. The topological polar surface area (TPSA) is 122 Å². The number of piperidine rings is 1. The minimum Gasteiger partial charge on any atom is -0.368 e. The van der Waals surface area contributed by atoms with Crippen LogP contribution in [0.4, 0.5) is 8.78 Å². The second-order valence-corrected chi connectivity index (χ2v) is 12.3. The molecule has 2 aromatic carbocycles. The Hall–Kier alpha value is -3.68. The van der Waals surface area contributed by atoms with Crippen molar-refractivity contribution in [1.82, 2.24) is 19.1 Å². The number of alkyl halides is 2. The third-order valence-corrected chi connectivity index (χ3v) is 8.84. The second kappa shape index (κ2) is 11.9. The monoisotopic (exact) mass is 616 g/mol. The van der Waals surface area contributed by atoms with Crippen LogP contribution in [0.15, 0.2) is 75.2 Å². The molecule has 5 rings (SSSR count). The van der Waals surface area contributed by atoms with Crippen LogP contribution in [0.1, 0.15) is 47.7 Å². The largest absolute Gasteiger partial charge is 0.368 e. The van der Waals surface area contributed by atoms with Crippen molar-refractivity contribution in [2.75, 3.05) is 19.6 Å². The molecule has 0 amide bonds. The van der Waals surface area contributed by atoms with Crippen LogP contribution in [0.25, 0.3) is 0 Å². The Morgan fingerprint density at radius 1 is 1.05 bits per heavy atom. The molecule has 2 N–H and O–H groups in total. The molecule has 1 fully saturated rings. The lowest BCUT2D eigenvalue weighted by atomic mass is 9.86. The molecule has 10 nitrogen and oxygen atoms in total. The fourth-order valence-corrected chi connectivity index (χ4v) is 6.24. The molecule has 2 aliphatic heterocycles. The number of halogens is 3. The summed E-state index contributed by atoms with van der Waals surface area (Å²) < 4.78 is 60.6. The summed E-state index contributed by atoms with van der Waals surface area (Å²) in [6, 6.07) is 18.8. The standard InChI is InChI=1S/C28H31ClF2N8O2S/c1-19-18-20(2)39(34-19)26(32)33-27(36-42(40,41)37-16-13-28(30,31)14-17-37)38-15-12-24(21-6-4-3-5-7-21)25(35-38)22-8-10-23(29)11-9-22/h3-11,18,24H,12-17H2,1-2H3,(H2,32,33,36). The molecule has 1 aromatic heterocycles. The highest BCUT2D eigenvalue weighted by molar-refractivity contribution is 7.87. The fourth-order valence-electron chi connectivity index (χ4n) is 5.01. The maximum atomic E-state index is 13.8. The first-order valence-electron chi connectivity index (χ1n) is 13.4. The SMILES string of the molecule is Cc1cc(C)n(/C(N)=N/C(=N\S(=O)(=O)N2CCC(F)(F)CC2)N2CCC(c3ccccc3)C(c3ccc(Cl)cc3)=N2)n1. The Balaban J connectivity index is 1.60. The Bertz CT molecular complexity index is 1630. The highest BCUT2D eigenvalue weighted by Crippen LogP contribution is 2.32. The summed E-state index contributed by atoms with van der Waals surface area (Å²) >= 11 is 6.15. The number of nitrogens with two attached hydrogens (primary N) is 1. The lowest BCUT2D eigenvalue weighted by molar-refractivity contribution is -0.0411. The quantitative estimate of drug-likeness (QED) is 0.341. The van der Waals surface area contributed by atoms with E-state index in [0.717, 1.165) is 15.4 Å². The molecule has 3 aromatic rings. The summed E-state index contributed by atoms with van der Waals surface area (Å²) in [5.41, 5.74) is 10.2. The van der Waals surface area contributed by atoms with E-state index < -0.39 is 29.0 Å². The third-order valence-electron chi connectivity index (χ3n) is 7.18.